The van der Waals surface area contributed by atoms with Crippen molar-refractivity contribution < 1.29 is 4.79 Å². The van der Waals surface area contributed by atoms with E-state index in [0.717, 1.165) is 10.6 Å². The van der Waals surface area contributed by atoms with Gasteiger partial charge in [0.25, 0.3) is 0 Å². The predicted molar refractivity (Wildman–Crippen MR) is 92.1 cm³/mol. The van der Waals surface area contributed by atoms with Crippen LogP contribution in [0.15, 0.2) is 34.3 Å². The Bertz CT molecular complexity index is 711. The third kappa shape index (κ3) is 5.50. The molecule has 0 saturated carbocycles. The fourth-order valence-corrected chi connectivity index (χ4v) is 3.30. The number of aromatic amines is 1. The molecule has 2 aromatic rings. The highest BCUT2D eigenvalue weighted by Crippen LogP contribution is 2.31. The van der Waals surface area contributed by atoms with Crippen molar-refractivity contribution >= 4 is 41.1 Å². The van der Waals surface area contributed by atoms with Gasteiger partial charge in [-0.05, 0) is 12.1 Å². The van der Waals surface area contributed by atoms with E-state index in [1.165, 1.54) is 11.8 Å². The van der Waals surface area contributed by atoms with Gasteiger partial charge in [-0.1, -0.05) is 30.8 Å². The van der Waals surface area contributed by atoms with Crippen molar-refractivity contribution in [2.24, 2.45) is 0 Å². The number of hydrogen-bond acceptors (Lipinski definition) is 7. The van der Waals surface area contributed by atoms with Gasteiger partial charge in [0.05, 0.1) is 17.5 Å². The predicted octanol–water partition coefficient (Wildman–Crippen LogP) is 2.51. The van der Waals surface area contributed by atoms with Crippen LogP contribution in [-0.2, 0) is 4.79 Å². The molecule has 0 radical (unpaired) electrons. The summed E-state index contributed by atoms with van der Waals surface area (Å²) < 4.78 is 0. The zero-order valence-corrected chi connectivity index (χ0v) is 14.1. The van der Waals surface area contributed by atoms with E-state index in [-0.39, 0.29) is 22.9 Å². The quantitative estimate of drug-likeness (QED) is 0.657. The average Bonchev–Trinajstić information content (AvgIpc) is 2.93. The minimum Gasteiger partial charge on any atom is -0.368 e. The maximum Gasteiger partial charge on any atom is 0.234 e. The number of benzene rings is 1. The Balaban J connectivity index is 1.93. The number of hydrogen-bond donors (Lipinski definition) is 3. The number of thioether (sulfide) groups is 2. The molecule has 0 bridgehead atoms. The maximum atomic E-state index is 12.1. The van der Waals surface area contributed by atoms with Gasteiger partial charge in [-0.3, -0.25) is 4.79 Å². The summed E-state index contributed by atoms with van der Waals surface area (Å²) in [6.45, 7) is 1.98. The lowest BCUT2D eigenvalue weighted by molar-refractivity contribution is -0.113. The Morgan fingerprint density at radius 3 is 3.00 bits per heavy atom. The average molecular weight is 348 g/mol. The molecular weight excluding hydrogens is 332 g/mol. The number of rotatable bonds is 7. The first-order chi connectivity index (χ1) is 11.1. The molecule has 0 unspecified atom stereocenters. The molecule has 1 heterocycles. The molecule has 1 aromatic heterocycles. The van der Waals surface area contributed by atoms with Crippen molar-refractivity contribution in [2.75, 3.05) is 16.8 Å². The summed E-state index contributed by atoms with van der Waals surface area (Å²) in [7, 11) is 0. The molecule has 9 heteroatoms. The summed E-state index contributed by atoms with van der Waals surface area (Å²) in [4.78, 5) is 16.9. The lowest BCUT2D eigenvalue weighted by Crippen LogP contribution is -2.15. The third-order valence-electron chi connectivity index (χ3n) is 2.68. The number of aromatic nitrogens is 3. The summed E-state index contributed by atoms with van der Waals surface area (Å²) in [5, 5.41) is 18.6. The van der Waals surface area contributed by atoms with Gasteiger partial charge in [0.1, 0.15) is 0 Å². The molecule has 0 fully saturated rings. The molecule has 1 atom stereocenters. The van der Waals surface area contributed by atoms with E-state index in [0.29, 0.717) is 11.6 Å². The molecule has 7 nitrogen and oxygen atoms in total. The van der Waals surface area contributed by atoms with Crippen LogP contribution in [0.25, 0.3) is 0 Å². The zero-order valence-electron chi connectivity index (χ0n) is 12.4. The second-order valence-electron chi connectivity index (χ2n) is 4.63. The minimum atomic E-state index is -0.153. The van der Waals surface area contributed by atoms with E-state index in [4.69, 9.17) is 11.0 Å². The van der Waals surface area contributed by atoms with Crippen LogP contribution in [-0.4, -0.2) is 32.1 Å². The SMILES string of the molecule is C[C@H](CC#N)Sc1ccccc1NC(=O)CSc1n[nH]c(N)n1. The Hall–Kier alpha value is -2.18. The number of nitrogens with one attached hydrogen (secondary N) is 2. The van der Waals surface area contributed by atoms with E-state index < -0.39 is 0 Å². The van der Waals surface area contributed by atoms with Crippen LogP contribution in [0, 0.1) is 11.3 Å². The molecule has 2 rings (SSSR count). The molecule has 0 aliphatic rings. The Labute approximate surface area is 142 Å². The molecule has 23 heavy (non-hydrogen) atoms. The third-order valence-corrected chi connectivity index (χ3v) is 4.71. The number of carbonyl (C=O) groups excluding carboxylic acids is 1. The lowest BCUT2D eigenvalue weighted by atomic mass is 10.3. The normalized spacial score (nSPS) is 11.7. The van der Waals surface area contributed by atoms with Crippen molar-refractivity contribution in [3.05, 3.63) is 24.3 Å². The van der Waals surface area contributed by atoms with Gasteiger partial charge in [0.15, 0.2) is 0 Å². The molecule has 0 saturated heterocycles. The first kappa shape index (κ1) is 17.2. The highest BCUT2D eigenvalue weighted by molar-refractivity contribution is 8.00. The van der Waals surface area contributed by atoms with Crippen molar-refractivity contribution in [2.45, 2.75) is 28.6 Å². The summed E-state index contributed by atoms with van der Waals surface area (Å²) in [5.41, 5.74) is 6.17. The Morgan fingerprint density at radius 2 is 2.30 bits per heavy atom. The second-order valence-corrected chi connectivity index (χ2v) is 7.05. The van der Waals surface area contributed by atoms with E-state index in [9.17, 15) is 4.79 Å². The molecule has 0 aliphatic carbocycles. The van der Waals surface area contributed by atoms with Crippen molar-refractivity contribution in [1.82, 2.24) is 15.2 Å². The van der Waals surface area contributed by atoms with Gasteiger partial charge in [-0.15, -0.1) is 16.9 Å². The summed E-state index contributed by atoms with van der Waals surface area (Å²) in [6, 6.07) is 9.68. The highest BCUT2D eigenvalue weighted by Gasteiger charge is 2.11. The second kappa shape index (κ2) is 8.45. The number of anilines is 2. The number of H-pyrrole nitrogens is 1. The Kier molecular flexibility index (Phi) is 6.31. The Morgan fingerprint density at radius 1 is 1.52 bits per heavy atom. The van der Waals surface area contributed by atoms with Gasteiger partial charge in [0, 0.05) is 16.6 Å². The van der Waals surface area contributed by atoms with Gasteiger partial charge >= 0.3 is 0 Å². The number of nitriles is 1. The number of para-hydroxylation sites is 1. The summed E-state index contributed by atoms with van der Waals surface area (Å²) >= 11 is 2.77. The molecule has 4 N–H and O–H groups in total. The molecular formula is C14H16N6OS2. The first-order valence-corrected chi connectivity index (χ1v) is 8.68. The largest absolute Gasteiger partial charge is 0.368 e. The van der Waals surface area contributed by atoms with Gasteiger partial charge < -0.3 is 11.1 Å². The van der Waals surface area contributed by atoms with Crippen LogP contribution in [0.2, 0.25) is 0 Å². The summed E-state index contributed by atoms with van der Waals surface area (Å²) in [6.07, 6.45) is 0.453. The van der Waals surface area contributed by atoms with Crippen molar-refractivity contribution in [3.8, 4) is 6.07 Å². The number of nitrogen functional groups attached to an aromatic ring is 1. The zero-order chi connectivity index (χ0) is 16.7. The smallest absolute Gasteiger partial charge is 0.234 e. The van der Waals surface area contributed by atoms with Crippen molar-refractivity contribution in [1.29, 1.82) is 5.26 Å². The minimum absolute atomic E-state index is 0.153. The number of amides is 1. The standard InChI is InChI=1S/C14H16N6OS2/c1-9(6-7-15)23-11-5-3-2-4-10(11)17-12(21)8-22-14-18-13(16)19-20-14/h2-5,9H,6,8H2,1H3,(H,17,21)(H3,16,18,19,20)/t9-/m1/s1. The van der Waals surface area contributed by atoms with Gasteiger partial charge in [0.2, 0.25) is 17.0 Å². The molecule has 120 valence electrons. The summed E-state index contributed by atoms with van der Waals surface area (Å²) in [5.74, 6) is 0.254. The van der Waals surface area contributed by atoms with Crippen LogP contribution in [0.4, 0.5) is 11.6 Å². The monoisotopic (exact) mass is 348 g/mol. The highest BCUT2D eigenvalue weighted by atomic mass is 32.2. The van der Waals surface area contributed by atoms with E-state index in [1.54, 1.807) is 11.8 Å². The number of nitrogens with two attached hydrogens (primary N) is 1. The fourth-order valence-electron chi connectivity index (χ4n) is 1.70. The number of nitrogens with zero attached hydrogens (tertiary/aromatic N) is 3. The fraction of sp³-hybridized carbons (Fsp3) is 0.286. The maximum absolute atomic E-state index is 12.1. The molecule has 0 spiro atoms. The topological polar surface area (TPSA) is 120 Å². The van der Waals surface area contributed by atoms with E-state index >= 15 is 0 Å². The van der Waals surface area contributed by atoms with Crippen LogP contribution in [0.3, 0.4) is 0 Å². The molecule has 0 aliphatic heterocycles. The van der Waals surface area contributed by atoms with Crippen LogP contribution in [0.5, 0.6) is 0 Å². The van der Waals surface area contributed by atoms with Crippen molar-refractivity contribution in [3.63, 3.8) is 0 Å². The van der Waals surface area contributed by atoms with Crippen LogP contribution in [0.1, 0.15) is 13.3 Å². The van der Waals surface area contributed by atoms with Crippen LogP contribution < -0.4 is 11.1 Å². The molecule has 1 aromatic carbocycles. The molecule has 1 amide bonds. The van der Waals surface area contributed by atoms with Crippen LogP contribution >= 0.6 is 23.5 Å². The van der Waals surface area contributed by atoms with Gasteiger partial charge in [-0.2, -0.15) is 10.2 Å². The van der Waals surface area contributed by atoms with E-state index in [2.05, 4.69) is 26.6 Å². The van der Waals surface area contributed by atoms with E-state index in [1.807, 2.05) is 31.2 Å². The lowest BCUT2D eigenvalue weighted by Gasteiger charge is -2.13. The van der Waals surface area contributed by atoms with Gasteiger partial charge in [-0.25, -0.2) is 5.10 Å². The number of carbonyl (C=O) groups is 1. The first-order valence-electron chi connectivity index (χ1n) is 6.81.